The van der Waals surface area contributed by atoms with Gasteiger partial charge < -0.3 is 10.1 Å². The van der Waals surface area contributed by atoms with Crippen LogP contribution in [0.25, 0.3) is 0 Å². The minimum Gasteiger partial charge on any atom is -0.381 e. The standard InChI is InChI=1S/C13H24N4O/c1-12(2,3)17-10-11(15-16-17)9-14-13(4)5-7-18-8-6-13/h10,14H,5-9H2,1-4H3. The van der Waals surface area contributed by atoms with E-state index in [4.69, 9.17) is 4.74 Å². The average molecular weight is 252 g/mol. The first-order chi connectivity index (χ1) is 8.39. The van der Waals surface area contributed by atoms with Crippen LogP contribution < -0.4 is 5.32 Å². The zero-order chi connectivity index (χ0) is 13.2. The van der Waals surface area contributed by atoms with E-state index in [1.165, 1.54) is 0 Å². The van der Waals surface area contributed by atoms with E-state index in [-0.39, 0.29) is 11.1 Å². The molecule has 1 aromatic heterocycles. The Hall–Kier alpha value is -0.940. The number of rotatable bonds is 3. The monoisotopic (exact) mass is 252 g/mol. The lowest BCUT2D eigenvalue weighted by molar-refractivity contribution is 0.0445. The summed E-state index contributed by atoms with van der Waals surface area (Å²) in [7, 11) is 0. The molecule has 0 bridgehead atoms. The normalized spacial score (nSPS) is 20.0. The van der Waals surface area contributed by atoms with Crippen LogP contribution >= 0.6 is 0 Å². The molecule has 1 aliphatic rings. The topological polar surface area (TPSA) is 52.0 Å². The lowest BCUT2D eigenvalue weighted by atomic mass is 9.92. The first-order valence-corrected chi connectivity index (χ1v) is 6.64. The van der Waals surface area contributed by atoms with Crippen LogP contribution in [0.2, 0.25) is 0 Å². The zero-order valence-corrected chi connectivity index (χ0v) is 11.9. The molecule has 2 rings (SSSR count). The van der Waals surface area contributed by atoms with E-state index in [2.05, 4.69) is 43.3 Å². The second-order valence-corrected chi connectivity index (χ2v) is 6.35. The predicted molar refractivity (Wildman–Crippen MR) is 70.3 cm³/mol. The molecule has 0 aromatic carbocycles. The third-order valence-electron chi connectivity index (χ3n) is 3.52. The summed E-state index contributed by atoms with van der Waals surface area (Å²) in [6.45, 7) is 11.1. The maximum atomic E-state index is 5.39. The molecule has 0 radical (unpaired) electrons. The van der Waals surface area contributed by atoms with Crippen LogP contribution in [0.15, 0.2) is 6.20 Å². The highest BCUT2D eigenvalue weighted by atomic mass is 16.5. The van der Waals surface area contributed by atoms with Gasteiger partial charge in [0.15, 0.2) is 0 Å². The molecular weight excluding hydrogens is 228 g/mol. The minimum absolute atomic E-state index is 0.00612. The number of aromatic nitrogens is 3. The van der Waals surface area contributed by atoms with Crippen molar-refractivity contribution < 1.29 is 4.74 Å². The van der Waals surface area contributed by atoms with Crippen LogP contribution in [0, 0.1) is 0 Å². The Kier molecular flexibility index (Phi) is 3.73. The van der Waals surface area contributed by atoms with Gasteiger partial charge in [-0.15, -0.1) is 5.10 Å². The molecule has 0 amide bonds. The quantitative estimate of drug-likeness (QED) is 0.889. The molecule has 0 saturated carbocycles. The van der Waals surface area contributed by atoms with E-state index in [1.807, 2.05) is 10.9 Å². The highest BCUT2D eigenvalue weighted by Gasteiger charge is 2.26. The van der Waals surface area contributed by atoms with E-state index >= 15 is 0 Å². The van der Waals surface area contributed by atoms with Crippen LogP contribution in [0.4, 0.5) is 0 Å². The molecule has 18 heavy (non-hydrogen) atoms. The molecule has 102 valence electrons. The summed E-state index contributed by atoms with van der Waals surface area (Å²) in [5.74, 6) is 0. The summed E-state index contributed by atoms with van der Waals surface area (Å²) in [6, 6.07) is 0. The number of hydrogen-bond acceptors (Lipinski definition) is 4. The Morgan fingerprint density at radius 3 is 2.61 bits per heavy atom. The minimum atomic E-state index is -0.00612. The molecule has 1 aliphatic heterocycles. The smallest absolute Gasteiger partial charge is 0.0965 e. The van der Waals surface area contributed by atoms with Gasteiger partial charge in [-0.2, -0.15) is 0 Å². The Balaban J connectivity index is 1.92. The molecule has 2 heterocycles. The lowest BCUT2D eigenvalue weighted by Gasteiger charge is -2.34. The van der Waals surface area contributed by atoms with Crippen molar-refractivity contribution in [2.24, 2.45) is 0 Å². The average Bonchev–Trinajstić information content (AvgIpc) is 2.76. The fourth-order valence-electron chi connectivity index (χ4n) is 2.01. The first kappa shape index (κ1) is 13.5. The van der Waals surface area contributed by atoms with E-state index in [0.29, 0.717) is 0 Å². The Morgan fingerprint density at radius 2 is 2.06 bits per heavy atom. The third kappa shape index (κ3) is 3.29. The second-order valence-electron chi connectivity index (χ2n) is 6.35. The van der Waals surface area contributed by atoms with Crippen molar-refractivity contribution in [3.63, 3.8) is 0 Å². The molecule has 1 fully saturated rings. The number of hydrogen-bond donors (Lipinski definition) is 1. The van der Waals surface area contributed by atoms with Gasteiger partial charge in [-0.25, -0.2) is 4.68 Å². The molecule has 1 aromatic rings. The largest absolute Gasteiger partial charge is 0.381 e. The van der Waals surface area contributed by atoms with Crippen molar-refractivity contribution >= 4 is 0 Å². The highest BCUT2D eigenvalue weighted by Crippen LogP contribution is 2.20. The van der Waals surface area contributed by atoms with E-state index in [0.717, 1.165) is 38.3 Å². The highest BCUT2D eigenvalue weighted by molar-refractivity contribution is 4.97. The van der Waals surface area contributed by atoms with Crippen LogP contribution in [0.5, 0.6) is 0 Å². The predicted octanol–water partition coefficient (Wildman–Crippen LogP) is 1.69. The van der Waals surface area contributed by atoms with Gasteiger partial charge in [0.2, 0.25) is 0 Å². The van der Waals surface area contributed by atoms with Crippen LogP contribution in [-0.4, -0.2) is 33.7 Å². The maximum Gasteiger partial charge on any atom is 0.0965 e. The second kappa shape index (κ2) is 4.97. The fraction of sp³-hybridized carbons (Fsp3) is 0.846. The van der Waals surface area contributed by atoms with Gasteiger partial charge >= 0.3 is 0 Å². The summed E-state index contributed by atoms with van der Waals surface area (Å²) >= 11 is 0. The van der Waals surface area contributed by atoms with Gasteiger partial charge in [-0.3, -0.25) is 0 Å². The van der Waals surface area contributed by atoms with Crippen molar-refractivity contribution in [2.75, 3.05) is 13.2 Å². The molecule has 1 N–H and O–H groups in total. The summed E-state index contributed by atoms with van der Waals surface area (Å²) < 4.78 is 7.31. The molecular formula is C13H24N4O. The Labute approximate surface area is 109 Å². The molecule has 5 nitrogen and oxygen atoms in total. The molecule has 0 aliphatic carbocycles. The van der Waals surface area contributed by atoms with Crippen LogP contribution in [-0.2, 0) is 16.8 Å². The van der Waals surface area contributed by atoms with Gasteiger partial charge in [0, 0.05) is 25.3 Å². The maximum absolute atomic E-state index is 5.39. The van der Waals surface area contributed by atoms with Crippen LogP contribution in [0.3, 0.4) is 0 Å². The third-order valence-corrected chi connectivity index (χ3v) is 3.52. The summed E-state index contributed by atoms with van der Waals surface area (Å²) in [6.07, 6.45) is 4.14. The lowest BCUT2D eigenvalue weighted by Crippen LogP contribution is -2.46. The van der Waals surface area contributed by atoms with Gasteiger partial charge in [0.1, 0.15) is 0 Å². The van der Waals surface area contributed by atoms with Crippen molar-refractivity contribution in [2.45, 2.75) is 58.2 Å². The van der Waals surface area contributed by atoms with Crippen molar-refractivity contribution in [1.29, 1.82) is 0 Å². The first-order valence-electron chi connectivity index (χ1n) is 6.64. The van der Waals surface area contributed by atoms with Gasteiger partial charge in [0.25, 0.3) is 0 Å². The zero-order valence-electron chi connectivity index (χ0n) is 11.9. The van der Waals surface area contributed by atoms with Gasteiger partial charge in [-0.05, 0) is 40.5 Å². The van der Waals surface area contributed by atoms with Crippen molar-refractivity contribution in [1.82, 2.24) is 20.3 Å². The summed E-state index contributed by atoms with van der Waals surface area (Å²) in [5, 5.41) is 12.0. The van der Waals surface area contributed by atoms with Crippen LogP contribution in [0.1, 0.15) is 46.2 Å². The van der Waals surface area contributed by atoms with Gasteiger partial charge in [0.05, 0.1) is 17.4 Å². The molecule has 1 saturated heterocycles. The van der Waals surface area contributed by atoms with Crippen molar-refractivity contribution in [3.05, 3.63) is 11.9 Å². The summed E-state index contributed by atoms with van der Waals surface area (Å²) in [5.41, 5.74) is 1.16. The molecule has 0 atom stereocenters. The van der Waals surface area contributed by atoms with E-state index in [9.17, 15) is 0 Å². The van der Waals surface area contributed by atoms with E-state index in [1.54, 1.807) is 0 Å². The molecule has 0 unspecified atom stereocenters. The van der Waals surface area contributed by atoms with Crippen molar-refractivity contribution in [3.8, 4) is 0 Å². The molecule has 0 spiro atoms. The number of ether oxygens (including phenoxy) is 1. The Morgan fingerprint density at radius 1 is 1.39 bits per heavy atom. The molecule has 5 heteroatoms. The van der Waals surface area contributed by atoms with Gasteiger partial charge in [-0.1, -0.05) is 5.21 Å². The fourth-order valence-corrected chi connectivity index (χ4v) is 2.01. The number of nitrogens with zero attached hydrogens (tertiary/aromatic N) is 3. The SMILES string of the molecule is CC1(NCc2cn(C(C)(C)C)nn2)CCOCC1. The van der Waals surface area contributed by atoms with E-state index < -0.39 is 0 Å². The Bertz CT molecular complexity index is 388. The number of nitrogens with one attached hydrogen (secondary N) is 1. The summed E-state index contributed by atoms with van der Waals surface area (Å²) in [4.78, 5) is 0.